The predicted molar refractivity (Wildman–Crippen MR) is 134 cm³/mol. The monoisotopic (exact) mass is 552 g/mol. The number of aliphatic carboxylic acids is 1. The molecule has 0 heterocycles. The number of allylic oxidation sites excluding steroid dienone is 4. The van der Waals surface area contributed by atoms with Crippen LogP contribution in [0, 0.1) is 28.6 Å². The molecule has 11 atom stereocenters. The molecule has 0 aromatic heterocycles. The van der Waals surface area contributed by atoms with Gasteiger partial charge in [0.2, 0.25) is 5.60 Å². The summed E-state index contributed by atoms with van der Waals surface area (Å²) in [5.41, 5.74) is -7.50. The Labute approximate surface area is 226 Å². The van der Waals surface area contributed by atoms with Crippen LogP contribution in [0.15, 0.2) is 23.8 Å². The molecule has 0 saturated heterocycles. The SMILES string of the molecule is COC1CCCCC1OC(=O)O[C@]1(C(=O)O)[C@H](C)C[C@H]2[C@@H]3C[C@H](F)C4=CC(=O)C=C[C@]4(C)[C@@]3(F)[C@@H](O)C[C@@]21C. The van der Waals surface area contributed by atoms with E-state index in [0.717, 1.165) is 18.9 Å². The lowest BCUT2D eigenvalue weighted by atomic mass is 9.44. The second kappa shape index (κ2) is 9.36. The molecule has 8 nitrogen and oxygen atoms in total. The number of carbonyl (C=O) groups is 3. The van der Waals surface area contributed by atoms with Gasteiger partial charge >= 0.3 is 12.1 Å². The van der Waals surface area contributed by atoms with Crippen LogP contribution in [-0.4, -0.2) is 71.0 Å². The van der Waals surface area contributed by atoms with E-state index in [9.17, 15) is 24.6 Å². The first-order valence-electron chi connectivity index (χ1n) is 13.9. The minimum Gasteiger partial charge on any atom is -0.478 e. The van der Waals surface area contributed by atoms with Gasteiger partial charge in [-0.25, -0.2) is 18.4 Å². The van der Waals surface area contributed by atoms with Gasteiger partial charge in [0.15, 0.2) is 11.5 Å². The molecule has 0 spiro atoms. The van der Waals surface area contributed by atoms with E-state index in [1.165, 1.54) is 26.2 Å². The summed E-state index contributed by atoms with van der Waals surface area (Å²) in [6.07, 6.45) is 0.700. The van der Waals surface area contributed by atoms with Crippen LogP contribution in [-0.2, 0) is 23.8 Å². The number of aliphatic hydroxyl groups excluding tert-OH is 1. The van der Waals surface area contributed by atoms with Gasteiger partial charge in [-0.1, -0.05) is 26.3 Å². The first kappa shape index (κ1) is 28.2. The highest BCUT2D eigenvalue weighted by Crippen LogP contribution is 2.71. The van der Waals surface area contributed by atoms with Crippen LogP contribution in [0.2, 0.25) is 0 Å². The Kier molecular flexibility index (Phi) is 6.77. The maximum atomic E-state index is 17.4. The summed E-state index contributed by atoms with van der Waals surface area (Å²) in [6, 6.07) is 0. The fraction of sp³-hybridized carbons (Fsp3) is 0.759. The number of ketones is 1. The third kappa shape index (κ3) is 3.69. The fourth-order valence-electron chi connectivity index (χ4n) is 8.99. The molecule has 0 aromatic carbocycles. The largest absolute Gasteiger partial charge is 0.509 e. The van der Waals surface area contributed by atoms with Gasteiger partial charge in [-0.3, -0.25) is 4.79 Å². The molecule has 0 bridgehead atoms. The lowest BCUT2D eigenvalue weighted by Crippen LogP contribution is -2.71. The predicted octanol–water partition coefficient (Wildman–Crippen LogP) is 4.49. The quantitative estimate of drug-likeness (QED) is 0.490. The summed E-state index contributed by atoms with van der Waals surface area (Å²) >= 11 is 0. The molecule has 0 radical (unpaired) electrons. The zero-order valence-electron chi connectivity index (χ0n) is 22.8. The molecule has 216 valence electrons. The maximum absolute atomic E-state index is 17.4. The minimum atomic E-state index is -2.36. The van der Waals surface area contributed by atoms with E-state index < -0.39 is 76.1 Å². The van der Waals surface area contributed by atoms with Gasteiger partial charge in [0, 0.05) is 29.8 Å². The van der Waals surface area contributed by atoms with E-state index >= 15 is 8.78 Å². The number of hydrogen-bond acceptors (Lipinski definition) is 7. The molecule has 4 fully saturated rings. The van der Waals surface area contributed by atoms with Crippen molar-refractivity contribution in [3.8, 4) is 0 Å². The van der Waals surface area contributed by atoms with Crippen molar-refractivity contribution in [3.63, 3.8) is 0 Å². The maximum Gasteiger partial charge on any atom is 0.509 e. The van der Waals surface area contributed by atoms with Gasteiger partial charge in [0.05, 0.1) is 12.2 Å². The lowest BCUT2D eigenvalue weighted by Gasteiger charge is -2.62. The number of fused-ring (bicyclic) bond motifs is 5. The first-order chi connectivity index (χ1) is 18.3. The topological polar surface area (TPSA) is 119 Å². The van der Waals surface area contributed by atoms with Crippen LogP contribution in [0.25, 0.3) is 0 Å². The number of methoxy groups -OCH3 is 1. The van der Waals surface area contributed by atoms with E-state index in [2.05, 4.69) is 0 Å². The number of ether oxygens (including phenoxy) is 3. The molecular weight excluding hydrogens is 514 g/mol. The van der Waals surface area contributed by atoms with Crippen LogP contribution in [0.1, 0.15) is 65.7 Å². The standard InChI is InChI=1S/C29H38F2O8/c1-15-11-17-18-13-20(30)19-12-16(32)9-10-26(19,2)28(18,31)23(33)14-27(17,3)29(15,24(34)35)39-25(36)38-22-8-6-5-7-21(22)37-4/h9-10,12,15,17-18,20-23,33H,5-8,11,13-14H2,1-4H3,(H,34,35)/t15-,17+,18+,20+,21?,22?,23+,26+,27+,28+,29+/m1/s1. The van der Waals surface area contributed by atoms with Gasteiger partial charge in [0.1, 0.15) is 12.3 Å². The second-order valence-electron chi connectivity index (χ2n) is 12.6. The van der Waals surface area contributed by atoms with Crippen molar-refractivity contribution in [2.75, 3.05) is 7.11 Å². The molecule has 0 aromatic rings. The summed E-state index contributed by atoms with van der Waals surface area (Å²) in [5, 5.41) is 22.1. The third-order valence-corrected chi connectivity index (χ3v) is 10.9. The Morgan fingerprint density at radius 3 is 2.41 bits per heavy atom. The number of halogens is 2. The van der Waals surface area contributed by atoms with E-state index in [-0.39, 0.29) is 30.9 Å². The zero-order valence-corrected chi connectivity index (χ0v) is 22.8. The summed E-state index contributed by atoms with van der Waals surface area (Å²) in [5.74, 6) is -4.44. The van der Waals surface area contributed by atoms with Gasteiger partial charge in [0.25, 0.3) is 0 Å². The number of carboxylic acid groups (broad SMARTS) is 1. The van der Waals surface area contributed by atoms with Crippen LogP contribution in [0.5, 0.6) is 0 Å². The number of rotatable bonds is 4. The number of hydrogen-bond donors (Lipinski definition) is 2. The molecule has 0 amide bonds. The van der Waals surface area contributed by atoms with Crippen molar-refractivity contribution in [1.29, 1.82) is 0 Å². The number of carboxylic acids is 1. The first-order valence-corrected chi connectivity index (χ1v) is 13.9. The molecule has 5 aliphatic rings. The normalized spacial score (nSPS) is 48.8. The van der Waals surface area contributed by atoms with Gasteiger partial charge in [-0.05, 0) is 69.1 Å². The van der Waals surface area contributed by atoms with E-state index in [1.807, 2.05) is 0 Å². The smallest absolute Gasteiger partial charge is 0.478 e. The average molecular weight is 553 g/mol. The van der Waals surface area contributed by atoms with Crippen molar-refractivity contribution >= 4 is 17.9 Å². The molecule has 2 unspecified atom stereocenters. The molecular formula is C29H38F2O8. The van der Waals surface area contributed by atoms with E-state index in [0.29, 0.717) is 12.8 Å². The average Bonchev–Trinajstić information content (AvgIpc) is 3.09. The Balaban J connectivity index is 1.51. The van der Waals surface area contributed by atoms with E-state index in [4.69, 9.17) is 14.2 Å². The summed E-state index contributed by atoms with van der Waals surface area (Å²) in [6.45, 7) is 4.70. The number of aliphatic hydroxyl groups is 1. The third-order valence-electron chi connectivity index (χ3n) is 10.9. The highest BCUT2D eigenvalue weighted by molar-refractivity contribution is 6.01. The van der Waals surface area contributed by atoms with Crippen LogP contribution in [0.3, 0.4) is 0 Å². The van der Waals surface area contributed by atoms with E-state index in [1.54, 1.807) is 13.8 Å². The Morgan fingerprint density at radius 1 is 1.10 bits per heavy atom. The zero-order chi connectivity index (χ0) is 28.5. The highest BCUT2D eigenvalue weighted by atomic mass is 19.1. The van der Waals surface area contributed by atoms with Crippen LogP contribution >= 0.6 is 0 Å². The van der Waals surface area contributed by atoms with Crippen molar-refractivity contribution in [1.82, 2.24) is 0 Å². The molecule has 39 heavy (non-hydrogen) atoms. The molecule has 0 aliphatic heterocycles. The Morgan fingerprint density at radius 2 is 1.77 bits per heavy atom. The molecule has 10 heteroatoms. The molecule has 4 saturated carbocycles. The number of carbonyl (C=O) groups excluding carboxylic acids is 2. The molecule has 5 aliphatic carbocycles. The summed E-state index contributed by atoms with van der Waals surface area (Å²) < 4.78 is 49.8. The van der Waals surface area contributed by atoms with Crippen LogP contribution < -0.4 is 0 Å². The van der Waals surface area contributed by atoms with Crippen molar-refractivity contribution < 1.29 is 47.6 Å². The summed E-state index contributed by atoms with van der Waals surface area (Å²) in [4.78, 5) is 38.2. The lowest BCUT2D eigenvalue weighted by molar-refractivity contribution is -0.233. The highest BCUT2D eigenvalue weighted by Gasteiger charge is 2.78. The minimum absolute atomic E-state index is 0.00745. The van der Waals surface area contributed by atoms with Gasteiger partial charge < -0.3 is 24.4 Å². The van der Waals surface area contributed by atoms with Crippen molar-refractivity contribution in [2.45, 2.75) is 101 Å². The second-order valence-corrected chi connectivity index (χ2v) is 12.6. The summed E-state index contributed by atoms with van der Waals surface area (Å²) in [7, 11) is 1.52. The molecule has 5 rings (SSSR count). The van der Waals surface area contributed by atoms with Crippen molar-refractivity contribution in [2.24, 2.45) is 28.6 Å². The number of alkyl halides is 2. The van der Waals surface area contributed by atoms with Crippen molar-refractivity contribution in [3.05, 3.63) is 23.8 Å². The molecule has 2 N–H and O–H groups in total. The van der Waals surface area contributed by atoms with Gasteiger partial charge in [-0.2, -0.15) is 0 Å². The van der Waals surface area contributed by atoms with Gasteiger partial charge in [-0.15, -0.1) is 0 Å². The fourth-order valence-corrected chi connectivity index (χ4v) is 8.99. The van der Waals surface area contributed by atoms with Crippen LogP contribution in [0.4, 0.5) is 13.6 Å². The Hall–Kier alpha value is -2.33. The Bertz CT molecular complexity index is 1120.